The van der Waals surface area contributed by atoms with Gasteiger partial charge >= 0.3 is 0 Å². The maximum absolute atomic E-state index is 12.4. The Labute approximate surface area is 169 Å². The summed E-state index contributed by atoms with van der Waals surface area (Å²) < 4.78 is 11.1. The van der Waals surface area contributed by atoms with Crippen molar-refractivity contribution < 1.29 is 19.1 Å². The van der Waals surface area contributed by atoms with Crippen LogP contribution in [0.25, 0.3) is 0 Å². The van der Waals surface area contributed by atoms with Crippen molar-refractivity contribution in [2.75, 3.05) is 12.4 Å². The smallest absolute Gasteiger partial charge is 0.255 e. The molecule has 0 heterocycles. The molecule has 0 atom stereocenters. The van der Waals surface area contributed by atoms with E-state index >= 15 is 0 Å². The number of methoxy groups -OCH3 is 1. The molecule has 0 radical (unpaired) electrons. The predicted octanol–water partition coefficient (Wildman–Crippen LogP) is 4.38. The van der Waals surface area contributed by atoms with Gasteiger partial charge in [0.1, 0.15) is 5.75 Å². The van der Waals surface area contributed by atoms with Gasteiger partial charge in [-0.1, -0.05) is 24.3 Å². The SMILES string of the molecule is COc1ccccc1Oc1ccc(NC(=O)c2ccc(CNC(C)=O)cc2)cc1. The second kappa shape index (κ2) is 9.41. The third-order valence-corrected chi connectivity index (χ3v) is 4.17. The Morgan fingerprint density at radius 3 is 2.14 bits per heavy atom. The van der Waals surface area contributed by atoms with E-state index in [1.807, 2.05) is 36.4 Å². The molecule has 0 aliphatic heterocycles. The molecule has 29 heavy (non-hydrogen) atoms. The minimum absolute atomic E-state index is 0.0926. The maximum Gasteiger partial charge on any atom is 0.255 e. The van der Waals surface area contributed by atoms with Gasteiger partial charge in [0.25, 0.3) is 5.91 Å². The fourth-order valence-electron chi connectivity index (χ4n) is 2.64. The van der Waals surface area contributed by atoms with Gasteiger partial charge in [0.05, 0.1) is 7.11 Å². The largest absolute Gasteiger partial charge is 0.493 e. The summed E-state index contributed by atoms with van der Waals surface area (Å²) in [5.74, 6) is 1.59. The second-order valence-corrected chi connectivity index (χ2v) is 6.34. The fourth-order valence-corrected chi connectivity index (χ4v) is 2.64. The van der Waals surface area contributed by atoms with E-state index in [9.17, 15) is 9.59 Å². The molecular formula is C23H22N2O4. The van der Waals surface area contributed by atoms with Gasteiger partial charge in [-0.25, -0.2) is 0 Å². The van der Waals surface area contributed by atoms with E-state index in [4.69, 9.17) is 9.47 Å². The Morgan fingerprint density at radius 2 is 1.52 bits per heavy atom. The summed E-state index contributed by atoms with van der Waals surface area (Å²) in [5, 5.41) is 5.57. The van der Waals surface area contributed by atoms with E-state index in [1.54, 1.807) is 43.5 Å². The zero-order valence-electron chi connectivity index (χ0n) is 16.3. The summed E-state index contributed by atoms with van der Waals surface area (Å²) in [6.45, 7) is 1.90. The molecule has 3 aromatic rings. The van der Waals surface area contributed by atoms with E-state index in [2.05, 4.69) is 10.6 Å². The highest BCUT2D eigenvalue weighted by molar-refractivity contribution is 6.04. The van der Waals surface area contributed by atoms with Crippen molar-refractivity contribution in [2.24, 2.45) is 0 Å². The van der Waals surface area contributed by atoms with Crippen molar-refractivity contribution in [1.82, 2.24) is 5.32 Å². The predicted molar refractivity (Wildman–Crippen MR) is 111 cm³/mol. The van der Waals surface area contributed by atoms with E-state index in [1.165, 1.54) is 6.92 Å². The number of benzene rings is 3. The normalized spacial score (nSPS) is 10.1. The molecule has 0 aliphatic rings. The van der Waals surface area contributed by atoms with Crippen molar-refractivity contribution in [3.8, 4) is 17.2 Å². The lowest BCUT2D eigenvalue weighted by atomic mass is 10.1. The van der Waals surface area contributed by atoms with Crippen molar-refractivity contribution in [1.29, 1.82) is 0 Å². The Kier molecular flexibility index (Phi) is 6.47. The highest BCUT2D eigenvalue weighted by Gasteiger charge is 2.08. The molecule has 0 fully saturated rings. The van der Waals surface area contributed by atoms with Crippen LogP contribution in [0.5, 0.6) is 17.2 Å². The number of para-hydroxylation sites is 2. The van der Waals surface area contributed by atoms with Gasteiger partial charge in [-0.2, -0.15) is 0 Å². The molecule has 0 bridgehead atoms. The Morgan fingerprint density at radius 1 is 0.862 bits per heavy atom. The molecular weight excluding hydrogens is 368 g/mol. The Bertz CT molecular complexity index is 983. The van der Waals surface area contributed by atoms with Crippen molar-refractivity contribution >= 4 is 17.5 Å². The number of amides is 2. The molecule has 3 aromatic carbocycles. The highest BCUT2D eigenvalue weighted by atomic mass is 16.5. The molecule has 6 nitrogen and oxygen atoms in total. The van der Waals surface area contributed by atoms with Crippen LogP contribution in [0.15, 0.2) is 72.8 Å². The molecule has 0 saturated heterocycles. The van der Waals surface area contributed by atoms with E-state index in [0.717, 1.165) is 5.56 Å². The summed E-state index contributed by atoms with van der Waals surface area (Å²) in [4.78, 5) is 23.4. The van der Waals surface area contributed by atoms with Gasteiger partial charge in [0.2, 0.25) is 5.91 Å². The zero-order chi connectivity index (χ0) is 20.6. The number of hydrogen-bond donors (Lipinski definition) is 2. The van der Waals surface area contributed by atoms with Gasteiger partial charge < -0.3 is 20.1 Å². The molecule has 0 unspecified atom stereocenters. The first kappa shape index (κ1) is 19.9. The lowest BCUT2D eigenvalue weighted by Crippen LogP contribution is -2.19. The fraction of sp³-hybridized carbons (Fsp3) is 0.130. The van der Waals surface area contributed by atoms with Crippen LogP contribution < -0.4 is 20.1 Å². The molecule has 0 aromatic heterocycles. The Balaban J connectivity index is 1.60. The van der Waals surface area contributed by atoms with Crippen molar-refractivity contribution in [2.45, 2.75) is 13.5 Å². The topological polar surface area (TPSA) is 76.7 Å². The third-order valence-electron chi connectivity index (χ3n) is 4.17. The van der Waals surface area contributed by atoms with Crippen molar-refractivity contribution in [3.63, 3.8) is 0 Å². The number of carbonyl (C=O) groups excluding carboxylic acids is 2. The Hall–Kier alpha value is -3.80. The molecule has 0 spiro atoms. The lowest BCUT2D eigenvalue weighted by Gasteiger charge is -2.11. The maximum atomic E-state index is 12.4. The minimum Gasteiger partial charge on any atom is -0.493 e. The average molecular weight is 390 g/mol. The van der Waals surface area contributed by atoms with Crippen LogP contribution in [-0.4, -0.2) is 18.9 Å². The van der Waals surface area contributed by atoms with Gasteiger partial charge in [-0.05, 0) is 54.1 Å². The quantitative estimate of drug-likeness (QED) is 0.628. The monoisotopic (exact) mass is 390 g/mol. The molecule has 2 N–H and O–H groups in total. The molecule has 2 amide bonds. The molecule has 0 aliphatic carbocycles. The van der Waals surface area contributed by atoms with Crippen LogP contribution in [0.1, 0.15) is 22.8 Å². The third kappa shape index (κ3) is 5.59. The van der Waals surface area contributed by atoms with Crippen LogP contribution in [-0.2, 0) is 11.3 Å². The summed E-state index contributed by atoms with van der Waals surface area (Å²) in [7, 11) is 1.59. The number of ether oxygens (including phenoxy) is 2. The summed E-state index contributed by atoms with van der Waals surface area (Å²) in [6, 6.07) is 21.6. The van der Waals surface area contributed by atoms with Gasteiger partial charge in [-0.15, -0.1) is 0 Å². The van der Waals surface area contributed by atoms with Crippen LogP contribution in [0.2, 0.25) is 0 Å². The first-order valence-corrected chi connectivity index (χ1v) is 9.11. The average Bonchev–Trinajstić information content (AvgIpc) is 2.74. The second-order valence-electron chi connectivity index (χ2n) is 6.34. The van der Waals surface area contributed by atoms with E-state index in [0.29, 0.717) is 35.0 Å². The summed E-state index contributed by atoms with van der Waals surface area (Å²) >= 11 is 0. The standard InChI is InChI=1S/C23H22N2O4/c1-16(26)24-15-17-7-9-18(10-8-17)23(27)25-19-11-13-20(14-12-19)29-22-6-4-3-5-21(22)28-2/h3-14H,15H2,1-2H3,(H,24,26)(H,25,27). The van der Waals surface area contributed by atoms with E-state index in [-0.39, 0.29) is 11.8 Å². The zero-order valence-corrected chi connectivity index (χ0v) is 16.3. The summed E-state index contributed by atoms with van der Waals surface area (Å²) in [5.41, 5.74) is 2.12. The van der Waals surface area contributed by atoms with Crippen LogP contribution >= 0.6 is 0 Å². The molecule has 148 valence electrons. The first-order chi connectivity index (χ1) is 14.0. The molecule has 0 saturated carbocycles. The van der Waals surface area contributed by atoms with Gasteiger partial charge in [0.15, 0.2) is 11.5 Å². The number of anilines is 1. The number of hydrogen-bond acceptors (Lipinski definition) is 4. The number of nitrogens with one attached hydrogen (secondary N) is 2. The number of rotatable bonds is 7. The first-order valence-electron chi connectivity index (χ1n) is 9.11. The van der Waals surface area contributed by atoms with Gasteiger partial charge in [0, 0.05) is 24.7 Å². The van der Waals surface area contributed by atoms with Crippen LogP contribution in [0, 0.1) is 0 Å². The highest BCUT2D eigenvalue weighted by Crippen LogP contribution is 2.31. The molecule has 6 heteroatoms. The summed E-state index contributed by atoms with van der Waals surface area (Å²) in [6.07, 6.45) is 0. The van der Waals surface area contributed by atoms with Crippen LogP contribution in [0.3, 0.4) is 0 Å². The van der Waals surface area contributed by atoms with Crippen molar-refractivity contribution in [3.05, 3.63) is 83.9 Å². The number of carbonyl (C=O) groups is 2. The van der Waals surface area contributed by atoms with E-state index < -0.39 is 0 Å². The van der Waals surface area contributed by atoms with Crippen LogP contribution in [0.4, 0.5) is 5.69 Å². The minimum atomic E-state index is -0.213. The molecule has 3 rings (SSSR count). The lowest BCUT2D eigenvalue weighted by molar-refractivity contribution is -0.119. The van der Waals surface area contributed by atoms with Gasteiger partial charge in [-0.3, -0.25) is 9.59 Å².